The van der Waals surface area contributed by atoms with E-state index in [1.54, 1.807) is 16.8 Å². The number of rotatable bonds is 7. The molecule has 4 rings (SSSR count). The molecule has 1 aliphatic rings. The lowest BCUT2D eigenvalue weighted by Crippen LogP contribution is -2.40. The average Bonchev–Trinajstić information content (AvgIpc) is 2.97. The second-order valence-electron chi connectivity index (χ2n) is 8.37. The molecule has 0 radical (unpaired) electrons. The number of nitrogens with zero attached hydrogens (tertiary/aromatic N) is 2. The molecule has 1 aliphatic heterocycles. The van der Waals surface area contributed by atoms with Crippen molar-refractivity contribution in [2.75, 3.05) is 18.5 Å². The third kappa shape index (κ3) is 5.20. The van der Waals surface area contributed by atoms with Crippen molar-refractivity contribution in [3.63, 3.8) is 0 Å². The van der Waals surface area contributed by atoms with E-state index in [4.69, 9.17) is 0 Å². The minimum Gasteiger partial charge on any atom is -0.322 e. The van der Waals surface area contributed by atoms with Gasteiger partial charge < -0.3 is 9.80 Å². The van der Waals surface area contributed by atoms with Crippen LogP contribution in [0.2, 0.25) is 0 Å². The number of amides is 2. The first-order chi connectivity index (χ1) is 16.0. The Labute approximate surface area is 194 Å². The Bertz CT molecular complexity index is 1130. The van der Waals surface area contributed by atoms with Gasteiger partial charge in [-0.05, 0) is 23.6 Å². The maximum atomic E-state index is 13.4. The quantitative estimate of drug-likeness (QED) is 0.541. The fourth-order valence-corrected chi connectivity index (χ4v) is 4.34. The van der Waals surface area contributed by atoms with Gasteiger partial charge in [0.05, 0.1) is 6.04 Å². The van der Waals surface area contributed by atoms with Gasteiger partial charge in [-0.15, -0.1) is 0 Å². The fourth-order valence-electron chi connectivity index (χ4n) is 4.34. The Balaban J connectivity index is 1.53. The number of ketones is 1. The van der Waals surface area contributed by atoms with Gasteiger partial charge >= 0.3 is 0 Å². The van der Waals surface area contributed by atoms with Crippen LogP contribution in [-0.2, 0) is 20.8 Å². The van der Waals surface area contributed by atoms with Crippen molar-refractivity contribution in [1.82, 2.24) is 4.90 Å². The predicted octanol–water partition coefficient (Wildman–Crippen LogP) is 4.56. The summed E-state index contributed by atoms with van der Waals surface area (Å²) >= 11 is 0. The second kappa shape index (κ2) is 10.3. The molecule has 2 amide bonds. The number of hydrogen-bond donors (Lipinski definition) is 0. The topological polar surface area (TPSA) is 57.7 Å². The highest BCUT2D eigenvalue weighted by Crippen LogP contribution is 2.37. The number of likely N-dealkylation sites (N-methyl/N-ethyl adjacent to an activating group) is 1. The molecule has 0 saturated carbocycles. The van der Waals surface area contributed by atoms with Crippen LogP contribution in [-0.4, -0.2) is 36.1 Å². The number of carbonyl (C=O) groups excluding carboxylic acids is 3. The van der Waals surface area contributed by atoms with Gasteiger partial charge in [0.15, 0.2) is 0 Å². The van der Waals surface area contributed by atoms with Gasteiger partial charge in [0.2, 0.25) is 11.8 Å². The molecule has 33 heavy (non-hydrogen) atoms. The van der Waals surface area contributed by atoms with Crippen molar-refractivity contribution in [3.05, 3.63) is 102 Å². The van der Waals surface area contributed by atoms with Gasteiger partial charge in [-0.2, -0.15) is 0 Å². The highest BCUT2D eigenvalue weighted by atomic mass is 16.2. The number of benzene rings is 3. The van der Waals surface area contributed by atoms with Crippen LogP contribution in [0.15, 0.2) is 84.9 Å². The third-order valence-electron chi connectivity index (χ3n) is 6.17. The van der Waals surface area contributed by atoms with Gasteiger partial charge in [0, 0.05) is 37.6 Å². The van der Waals surface area contributed by atoms with Crippen LogP contribution in [0.1, 0.15) is 42.0 Å². The molecule has 0 aromatic heterocycles. The Morgan fingerprint density at radius 2 is 1.45 bits per heavy atom. The molecule has 1 heterocycles. The van der Waals surface area contributed by atoms with E-state index >= 15 is 0 Å². The van der Waals surface area contributed by atoms with Crippen molar-refractivity contribution >= 4 is 23.3 Å². The number of Topliss-reactive ketones (excluding diaryl/α,β-unsaturated/α-hetero) is 1. The minimum absolute atomic E-state index is 0.0260. The first-order valence-corrected chi connectivity index (χ1v) is 11.3. The third-order valence-corrected chi connectivity index (χ3v) is 6.17. The van der Waals surface area contributed by atoms with E-state index in [2.05, 4.69) is 0 Å². The molecule has 168 valence electrons. The summed E-state index contributed by atoms with van der Waals surface area (Å²) in [4.78, 5) is 42.0. The molecule has 0 saturated heterocycles. The molecular formula is C28H28N2O3. The number of carbonyl (C=O) groups is 3. The molecule has 3 aromatic carbocycles. The van der Waals surface area contributed by atoms with Crippen molar-refractivity contribution < 1.29 is 14.4 Å². The maximum absolute atomic E-state index is 13.4. The SMILES string of the molecule is CN1C(=O)CN(C(=O)CCC(=O)CCc2ccccc2)C(c2ccccc2)c2ccccc21. The smallest absolute Gasteiger partial charge is 0.246 e. The highest BCUT2D eigenvalue weighted by molar-refractivity contribution is 5.99. The van der Waals surface area contributed by atoms with Crippen molar-refractivity contribution in [1.29, 1.82) is 0 Å². The number of hydrogen-bond acceptors (Lipinski definition) is 3. The molecule has 0 fully saturated rings. The van der Waals surface area contributed by atoms with Crippen LogP contribution in [0.25, 0.3) is 0 Å². The summed E-state index contributed by atoms with van der Waals surface area (Å²) in [7, 11) is 1.74. The summed E-state index contributed by atoms with van der Waals surface area (Å²) in [6.45, 7) is -0.0260. The number of para-hydroxylation sites is 1. The van der Waals surface area contributed by atoms with E-state index in [1.165, 1.54) is 0 Å². The number of fused-ring (bicyclic) bond motifs is 1. The van der Waals surface area contributed by atoms with E-state index in [0.717, 1.165) is 22.4 Å². The molecule has 1 unspecified atom stereocenters. The molecule has 0 N–H and O–H groups in total. The summed E-state index contributed by atoms with van der Waals surface area (Å²) in [5.74, 6) is -0.276. The van der Waals surface area contributed by atoms with Gasteiger partial charge in [0.1, 0.15) is 12.3 Å². The van der Waals surface area contributed by atoms with Crippen molar-refractivity contribution in [2.24, 2.45) is 0 Å². The maximum Gasteiger partial charge on any atom is 0.246 e. The van der Waals surface area contributed by atoms with E-state index in [1.807, 2.05) is 84.9 Å². The average molecular weight is 441 g/mol. The van der Waals surface area contributed by atoms with Crippen LogP contribution >= 0.6 is 0 Å². The lowest BCUT2D eigenvalue weighted by Gasteiger charge is -2.30. The summed E-state index contributed by atoms with van der Waals surface area (Å²) < 4.78 is 0. The summed E-state index contributed by atoms with van der Waals surface area (Å²) in [5, 5.41) is 0. The monoisotopic (exact) mass is 440 g/mol. The van der Waals surface area contributed by atoms with Crippen molar-refractivity contribution in [2.45, 2.75) is 31.7 Å². The van der Waals surface area contributed by atoms with Gasteiger partial charge in [-0.3, -0.25) is 14.4 Å². The molecule has 0 bridgehead atoms. The molecule has 3 aromatic rings. The minimum atomic E-state index is -0.386. The lowest BCUT2D eigenvalue weighted by molar-refractivity contribution is -0.137. The highest BCUT2D eigenvalue weighted by Gasteiger charge is 2.35. The van der Waals surface area contributed by atoms with Gasteiger partial charge in [-0.25, -0.2) is 0 Å². The van der Waals surface area contributed by atoms with E-state index in [-0.39, 0.29) is 43.0 Å². The fraction of sp³-hybridized carbons (Fsp3) is 0.250. The normalized spacial score (nSPS) is 15.7. The van der Waals surface area contributed by atoms with Crippen molar-refractivity contribution in [3.8, 4) is 0 Å². The summed E-state index contributed by atoms with van der Waals surface area (Å²) in [5.41, 5.74) is 3.75. The molecule has 5 nitrogen and oxygen atoms in total. The molecule has 0 aliphatic carbocycles. The van der Waals surface area contributed by atoms with Gasteiger partial charge in [-0.1, -0.05) is 78.9 Å². The van der Waals surface area contributed by atoms with E-state index in [9.17, 15) is 14.4 Å². The Morgan fingerprint density at radius 3 is 2.18 bits per heavy atom. The largest absolute Gasteiger partial charge is 0.322 e. The zero-order chi connectivity index (χ0) is 23.2. The number of aryl methyl sites for hydroxylation is 1. The van der Waals surface area contributed by atoms with Crippen LogP contribution in [0.5, 0.6) is 0 Å². The summed E-state index contributed by atoms with van der Waals surface area (Å²) in [6, 6.07) is 26.9. The standard InChI is InChI=1S/C28H28N2O3/c1-29-25-15-9-8-14-24(25)28(22-12-6-3-7-13-22)30(20-27(29)33)26(32)19-18-23(31)17-16-21-10-4-2-5-11-21/h2-15,28H,16-20H2,1H3. The van der Waals surface area contributed by atoms with Gasteiger partial charge in [0.25, 0.3) is 0 Å². The van der Waals surface area contributed by atoms with E-state index < -0.39 is 0 Å². The lowest BCUT2D eigenvalue weighted by atomic mass is 9.95. The van der Waals surface area contributed by atoms with Crippen LogP contribution in [0, 0.1) is 0 Å². The number of anilines is 1. The molecule has 5 heteroatoms. The second-order valence-corrected chi connectivity index (χ2v) is 8.37. The predicted molar refractivity (Wildman–Crippen MR) is 129 cm³/mol. The molecular weight excluding hydrogens is 412 g/mol. The van der Waals surface area contributed by atoms with Crippen LogP contribution < -0.4 is 4.90 Å². The zero-order valence-electron chi connectivity index (χ0n) is 18.8. The molecule has 1 atom stereocenters. The Hall–Kier alpha value is -3.73. The Morgan fingerprint density at radius 1 is 0.818 bits per heavy atom. The first-order valence-electron chi connectivity index (χ1n) is 11.3. The molecule has 0 spiro atoms. The Kier molecular flexibility index (Phi) is 6.98. The van der Waals surface area contributed by atoms with Crippen LogP contribution in [0.4, 0.5) is 5.69 Å². The van der Waals surface area contributed by atoms with E-state index in [0.29, 0.717) is 12.8 Å². The zero-order valence-corrected chi connectivity index (χ0v) is 18.8. The first kappa shape index (κ1) is 22.5. The summed E-state index contributed by atoms with van der Waals surface area (Å²) in [6.07, 6.45) is 1.34. The van der Waals surface area contributed by atoms with Crippen LogP contribution in [0.3, 0.4) is 0 Å².